The van der Waals surface area contributed by atoms with E-state index < -0.39 is 0 Å². The van der Waals surface area contributed by atoms with E-state index in [1.807, 2.05) is 0 Å². The fourth-order valence-corrected chi connectivity index (χ4v) is 3.19. The zero-order valence-corrected chi connectivity index (χ0v) is 10.9. The molecule has 1 saturated heterocycles. The summed E-state index contributed by atoms with van der Waals surface area (Å²) in [6.45, 7) is 9.84. The molecule has 0 amide bonds. The molecular weight excluding hydrogens is 200 g/mol. The highest BCUT2D eigenvalue weighted by atomic mass is 16.7. The second-order valence-corrected chi connectivity index (χ2v) is 5.61. The van der Waals surface area contributed by atoms with Crippen LogP contribution in [0.4, 0.5) is 0 Å². The molecule has 2 nitrogen and oxygen atoms in total. The van der Waals surface area contributed by atoms with Gasteiger partial charge in [-0.25, -0.2) is 0 Å². The maximum atomic E-state index is 5.95. The molecule has 2 rings (SSSR count). The number of hydrogen-bond acceptors (Lipinski definition) is 2. The van der Waals surface area contributed by atoms with Gasteiger partial charge in [0.25, 0.3) is 0 Å². The molecule has 0 aromatic heterocycles. The van der Waals surface area contributed by atoms with Crippen LogP contribution in [0.1, 0.15) is 40.5 Å². The van der Waals surface area contributed by atoms with Gasteiger partial charge in [0.15, 0.2) is 6.29 Å². The van der Waals surface area contributed by atoms with Gasteiger partial charge in [0.05, 0.1) is 12.7 Å². The molecule has 2 aliphatic rings. The van der Waals surface area contributed by atoms with Gasteiger partial charge in [-0.3, -0.25) is 0 Å². The first-order chi connectivity index (χ1) is 7.58. The van der Waals surface area contributed by atoms with E-state index in [-0.39, 0.29) is 6.29 Å². The number of hydrogen-bond donors (Lipinski definition) is 0. The Hall–Kier alpha value is -0.340. The first-order valence-electron chi connectivity index (χ1n) is 6.52. The molecule has 0 aromatic rings. The van der Waals surface area contributed by atoms with E-state index in [2.05, 4.69) is 33.8 Å². The van der Waals surface area contributed by atoms with Crippen LogP contribution in [0.5, 0.6) is 0 Å². The van der Waals surface area contributed by atoms with E-state index in [1.165, 1.54) is 12.0 Å². The van der Waals surface area contributed by atoms with Gasteiger partial charge in [0.1, 0.15) is 0 Å². The molecule has 0 spiro atoms. The normalized spacial score (nSPS) is 45.2. The van der Waals surface area contributed by atoms with Crippen molar-refractivity contribution in [3.8, 4) is 0 Å². The molecule has 1 aliphatic carbocycles. The molecule has 1 heterocycles. The van der Waals surface area contributed by atoms with Crippen LogP contribution in [-0.2, 0) is 9.47 Å². The smallest absolute Gasteiger partial charge is 0.161 e. The maximum Gasteiger partial charge on any atom is 0.161 e. The maximum absolute atomic E-state index is 5.95. The lowest BCUT2D eigenvalue weighted by molar-refractivity contribution is -0.243. The lowest BCUT2D eigenvalue weighted by atomic mass is 9.74. The third-order valence-electron chi connectivity index (χ3n) is 3.94. The Kier molecular flexibility index (Phi) is 3.70. The molecule has 16 heavy (non-hydrogen) atoms. The molecule has 0 bridgehead atoms. The van der Waals surface area contributed by atoms with Gasteiger partial charge in [-0.1, -0.05) is 25.5 Å². The largest absolute Gasteiger partial charge is 0.352 e. The monoisotopic (exact) mass is 224 g/mol. The quantitative estimate of drug-likeness (QED) is 0.636. The highest BCUT2D eigenvalue weighted by Crippen LogP contribution is 2.38. The van der Waals surface area contributed by atoms with Crippen LogP contribution >= 0.6 is 0 Å². The summed E-state index contributed by atoms with van der Waals surface area (Å²) in [6.07, 6.45) is 4.97. The topological polar surface area (TPSA) is 18.5 Å². The van der Waals surface area contributed by atoms with Gasteiger partial charge < -0.3 is 9.47 Å². The molecular formula is C14H24O2. The predicted octanol–water partition coefficient (Wildman–Crippen LogP) is 3.38. The minimum atomic E-state index is 0.0121. The zero-order chi connectivity index (χ0) is 11.7. The Balaban J connectivity index is 2.07. The summed E-state index contributed by atoms with van der Waals surface area (Å²) in [6, 6.07) is 0. The van der Waals surface area contributed by atoms with Crippen molar-refractivity contribution in [2.75, 3.05) is 6.61 Å². The fourth-order valence-electron chi connectivity index (χ4n) is 3.19. The summed E-state index contributed by atoms with van der Waals surface area (Å²) in [5.41, 5.74) is 1.51. The van der Waals surface area contributed by atoms with E-state index in [1.54, 1.807) is 0 Å². The van der Waals surface area contributed by atoms with Crippen molar-refractivity contribution in [1.82, 2.24) is 0 Å². The molecule has 0 radical (unpaired) electrons. The zero-order valence-electron chi connectivity index (χ0n) is 10.9. The molecule has 1 fully saturated rings. The van der Waals surface area contributed by atoms with Crippen molar-refractivity contribution in [2.24, 2.45) is 17.8 Å². The van der Waals surface area contributed by atoms with Crippen LogP contribution in [0.15, 0.2) is 11.6 Å². The second kappa shape index (κ2) is 4.89. The first kappa shape index (κ1) is 12.1. The summed E-state index contributed by atoms with van der Waals surface area (Å²) >= 11 is 0. The van der Waals surface area contributed by atoms with Gasteiger partial charge in [-0.05, 0) is 38.5 Å². The van der Waals surface area contributed by atoms with Crippen molar-refractivity contribution >= 4 is 0 Å². The molecule has 0 unspecified atom stereocenters. The van der Waals surface area contributed by atoms with Crippen LogP contribution in [0.2, 0.25) is 0 Å². The summed E-state index contributed by atoms with van der Waals surface area (Å²) < 4.78 is 11.8. The average Bonchev–Trinajstić information content (AvgIpc) is 2.15. The molecule has 0 aromatic carbocycles. The summed E-state index contributed by atoms with van der Waals surface area (Å²) in [5, 5.41) is 0. The molecule has 2 heteroatoms. The number of allylic oxidation sites excluding steroid dienone is 2. The summed E-state index contributed by atoms with van der Waals surface area (Å²) in [5.74, 6) is 1.75. The number of ether oxygens (including phenoxy) is 2. The van der Waals surface area contributed by atoms with E-state index in [0.29, 0.717) is 23.9 Å². The Labute approximate surface area is 99.0 Å². The Morgan fingerprint density at radius 2 is 2.00 bits per heavy atom. The van der Waals surface area contributed by atoms with Crippen molar-refractivity contribution in [3.63, 3.8) is 0 Å². The molecule has 0 N–H and O–H groups in total. The molecule has 92 valence electrons. The van der Waals surface area contributed by atoms with Gasteiger partial charge >= 0.3 is 0 Å². The molecule has 0 saturated carbocycles. The van der Waals surface area contributed by atoms with E-state index in [9.17, 15) is 0 Å². The predicted molar refractivity (Wildman–Crippen MR) is 65.1 cm³/mol. The summed E-state index contributed by atoms with van der Waals surface area (Å²) in [4.78, 5) is 0. The SMILES string of the molecule is CC1=C[C@H](C)[C@H]([C@@H]2OCC[C@H](C)O2)[C@@H](C)C1. The van der Waals surface area contributed by atoms with Gasteiger partial charge in [0, 0.05) is 5.92 Å². The van der Waals surface area contributed by atoms with Gasteiger partial charge in [-0.15, -0.1) is 0 Å². The van der Waals surface area contributed by atoms with Crippen LogP contribution in [0.25, 0.3) is 0 Å². The Morgan fingerprint density at radius 1 is 1.25 bits per heavy atom. The highest BCUT2D eigenvalue weighted by Gasteiger charge is 2.37. The van der Waals surface area contributed by atoms with Crippen molar-refractivity contribution < 1.29 is 9.47 Å². The third-order valence-corrected chi connectivity index (χ3v) is 3.94. The van der Waals surface area contributed by atoms with Crippen LogP contribution < -0.4 is 0 Å². The lowest BCUT2D eigenvalue weighted by Gasteiger charge is -2.41. The average molecular weight is 224 g/mol. The van der Waals surface area contributed by atoms with Gasteiger partial charge in [-0.2, -0.15) is 0 Å². The third kappa shape index (κ3) is 2.49. The minimum Gasteiger partial charge on any atom is -0.352 e. The standard InChI is InChI=1S/C14H24O2/c1-9-7-10(2)13(11(3)8-9)14-15-6-5-12(4)16-14/h7,10-14H,5-6,8H2,1-4H3/t10-,11-,12-,13-,14+/m0/s1. The van der Waals surface area contributed by atoms with Crippen molar-refractivity contribution in [2.45, 2.75) is 52.9 Å². The van der Waals surface area contributed by atoms with Crippen LogP contribution in [0.3, 0.4) is 0 Å². The van der Waals surface area contributed by atoms with E-state index in [0.717, 1.165) is 13.0 Å². The summed E-state index contributed by atoms with van der Waals surface area (Å²) in [7, 11) is 0. The Morgan fingerprint density at radius 3 is 2.62 bits per heavy atom. The van der Waals surface area contributed by atoms with Crippen molar-refractivity contribution in [3.05, 3.63) is 11.6 Å². The van der Waals surface area contributed by atoms with Gasteiger partial charge in [0.2, 0.25) is 0 Å². The molecule has 5 atom stereocenters. The van der Waals surface area contributed by atoms with E-state index in [4.69, 9.17) is 9.47 Å². The first-order valence-corrected chi connectivity index (χ1v) is 6.52. The van der Waals surface area contributed by atoms with Crippen LogP contribution in [-0.4, -0.2) is 19.0 Å². The molecule has 1 aliphatic heterocycles. The minimum absolute atomic E-state index is 0.0121. The Bertz CT molecular complexity index is 272. The highest BCUT2D eigenvalue weighted by molar-refractivity contribution is 5.08. The van der Waals surface area contributed by atoms with Crippen molar-refractivity contribution in [1.29, 1.82) is 0 Å². The lowest BCUT2D eigenvalue weighted by Crippen LogP contribution is -2.42. The van der Waals surface area contributed by atoms with E-state index >= 15 is 0 Å². The van der Waals surface area contributed by atoms with Crippen LogP contribution in [0, 0.1) is 17.8 Å². The number of rotatable bonds is 1. The second-order valence-electron chi connectivity index (χ2n) is 5.61. The fraction of sp³-hybridized carbons (Fsp3) is 0.857.